The van der Waals surface area contributed by atoms with Crippen LogP contribution in [-0.4, -0.2) is 52.7 Å². The van der Waals surface area contributed by atoms with Gasteiger partial charge in [0.1, 0.15) is 5.60 Å². The van der Waals surface area contributed by atoms with E-state index in [0.717, 1.165) is 40.6 Å². The molecule has 1 saturated heterocycles. The van der Waals surface area contributed by atoms with E-state index >= 15 is 0 Å². The summed E-state index contributed by atoms with van der Waals surface area (Å²) in [5.74, 6) is -0.283. The molecule has 0 unspecified atom stereocenters. The molecule has 2 aromatic carbocycles. The van der Waals surface area contributed by atoms with E-state index in [1.165, 1.54) is 0 Å². The van der Waals surface area contributed by atoms with E-state index < -0.39 is 5.60 Å². The van der Waals surface area contributed by atoms with E-state index in [9.17, 15) is 14.4 Å². The van der Waals surface area contributed by atoms with Crippen LogP contribution in [0.25, 0.3) is 22.2 Å². The van der Waals surface area contributed by atoms with Crippen LogP contribution in [0.15, 0.2) is 47.6 Å². The molecule has 37 heavy (non-hydrogen) atoms. The number of nitrogens with one attached hydrogen (secondary N) is 3. The molecule has 0 spiro atoms. The molecule has 0 radical (unpaired) electrons. The summed E-state index contributed by atoms with van der Waals surface area (Å²) in [5, 5.41) is 7.83. The highest BCUT2D eigenvalue weighted by molar-refractivity contribution is 6.18. The van der Waals surface area contributed by atoms with Crippen molar-refractivity contribution < 1.29 is 19.1 Å². The van der Waals surface area contributed by atoms with Crippen molar-refractivity contribution in [2.24, 2.45) is 11.0 Å². The minimum atomic E-state index is -0.530. The number of piperidine rings is 1. The summed E-state index contributed by atoms with van der Waals surface area (Å²) in [7, 11) is 0. The van der Waals surface area contributed by atoms with Gasteiger partial charge >= 0.3 is 6.09 Å². The lowest BCUT2D eigenvalue weighted by Crippen LogP contribution is -2.42. The molecular weight excluding hydrogens is 470 g/mol. The number of benzene rings is 2. The molecule has 0 atom stereocenters. The summed E-state index contributed by atoms with van der Waals surface area (Å²) in [6, 6.07) is 13.4. The van der Waals surface area contributed by atoms with Gasteiger partial charge in [0.2, 0.25) is 5.91 Å². The lowest BCUT2D eigenvalue weighted by Gasteiger charge is -2.33. The third kappa shape index (κ3) is 5.35. The highest BCUT2D eigenvalue weighted by atomic mass is 16.6. The zero-order chi connectivity index (χ0) is 26.2. The molecule has 3 aromatic rings. The summed E-state index contributed by atoms with van der Waals surface area (Å²) < 4.78 is 5.45. The van der Waals surface area contributed by atoms with Crippen LogP contribution in [0.2, 0.25) is 0 Å². The smallest absolute Gasteiger partial charge is 0.410 e. The molecule has 0 aliphatic carbocycles. The Bertz CT molecular complexity index is 1380. The Morgan fingerprint density at radius 1 is 1.14 bits per heavy atom. The van der Waals surface area contributed by atoms with Crippen molar-refractivity contribution >= 4 is 40.7 Å². The monoisotopic (exact) mass is 501 g/mol. The second-order valence-electron chi connectivity index (χ2n) is 10.6. The molecule has 1 aromatic heterocycles. The first-order chi connectivity index (χ1) is 17.7. The standard InChI is InChI=1S/C28H31N5O4/c1-28(2,3)37-27(36)33-11-9-17(10-12-33)13-23(34)30-19-14-20-24-21(16-29-32-26(20)35)25(31-22(24)15-19)18-7-5-4-6-8-18/h4-8,14-17,31H,9-13H2,1-3H3,(H,30,34)(H,32,35). The fraction of sp³-hybridized carbons (Fsp3) is 0.357. The number of ether oxygens (including phenoxy) is 1. The van der Waals surface area contributed by atoms with Crippen LogP contribution in [0.3, 0.4) is 0 Å². The number of carbonyl (C=O) groups excluding carboxylic acids is 3. The maximum atomic E-state index is 12.9. The van der Waals surface area contributed by atoms with Gasteiger partial charge < -0.3 is 19.9 Å². The molecule has 1 fully saturated rings. The van der Waals surface area contributed by atoms with Crippen LogP contribution in [-0.2, 0) is 9.53 Å². The summed E-state index contributed by atoms with van der Waals surface area (Å²) in [5.41, 5.74) is 6.42. The number of nitrogens with zero attached hydrogens (tertiary/aromatic N) is 2. The number of amides is 3. The predicted octanol–water partition coefficient (Wildman–Crippen LogP) is 4.89. The lowest BCUT2D eigenvalue weighted by molar-refractivity contribution is -0.117. The third-order valence-corrected chi connectivity index (χ3v) is 6.63. The number of hydrogen-bond acceptors (Lipinski definition) is 5. The molecule has 3 amide bonds. The second kappa shape index (κ2) is 9.72. The Morgan fingerprint density at radius 3 is 2.57 bits per heavy atom. The van der Waals surface area contributed by atoms with Crippen LogP contribution < -0.4 is 10.7 Å². The van der Waals surface area contributed by atoms with E-state index in [4.69, 9.17) is 4.74 Å². The molecule has 9 heteroatoms. The first-order valence-corrected chi connectivity index (χ1v) is 12.5. The lowest BCUT2D eigenvalue weighted by atomic mass is 9.93. The fourth-order valence-corrected chi connectivity index (χ4v) is 4.91. The van der Waals surface area contributed by atoms with Crippen molar-refractivity contribution in [3.8, 4) is 11.3 Å². The number of carbonyl (C=O) groups is 3. The average molecular weight is 502 g/mol. The first-order valence-electron chi connectivity index (χ1n) is 12.5. The van der Waals surface area contributed by atoms with Gasteiger partial charge in [-0.1, -0.05) is 30.3 Å². The van der Waals surface area contributed by atoms with E-state index in [-0.39, 0.29) is 23.8 Å². The predicted molar refractivity (Wildman–Crippen MR) is 143 cm³/mol. The number of likely N-dealkylation sites (tertiary alicyclic amines) is 1. The van der Waals surface area contributed by atoms with Crippen LogP contribution in [0, 0.1) is 5.92 Å². The van der Waals surface area contributed by atoms with Gasteiger partial charge in [-0.25, -0.2) is 10.2 Å². The summed E-state index contributed by atoms with van der Waals surface area (Å²) >= 11 is 0. The topological polar surface area (TPSA) is 116 Å². The van der Waals surface area contributed by atoms with Gasteiger partial charge in [0.15, 0.2) is 0 Å². The van der Waals surface area contributed by atoms with Gasteiger partial charge in [0, 0.05) is 41.7 Å². The number of H-pyrrole nitrogens is 1. The molecule has 0 saturated carbocycles. The largest absolute Gasteiger partial charge is 0.444 e. The van der Waals surface area contributed by atoms with Crippen molar-refractivity contribution in [3.63, 3.8) is 0 Å². The Balaban J connectivity index is 1.30. The first kappa shape index (κ1) is 24.5. The molecular formula is C28H31N5O4. The maximum Gasteiger partial charge on any atom is 0.410 e. The Morgan fingerprint density at radius 2 is 1.86 bits per heavy atom. The SMILES string of the molecule is CC(C)(C)OC(=O)N1CCC(CC(=O)Nc2cc3c4c(c(-c5ccccc5)[nH]c4c2)C=NNC3=O)CC1. The van der Waals surface area contributed by atoms with E-state index in [2.05, 4.69) is 20.8 Å². The minimum Gasteiger partial charge on any atom is -0.444 e. The zero-order valence-electron chi connectivity index (χ0n) is 21.3. The molecule has 3 N–H and O–H groups in total. The Kier molecular flexibility index (Phi) is 6.45. The minimum absolute atomic E-state index is 0.123. The molecule has 9 nitrogen and oxygen atoms in total. The summed E-state index contributed by atoms with van der Waals surface area (Å²) in [4.78, 5) is 43.1. The zero-order valence-corrected chi connectivity index (χ0v) is 21.3. The quantitative estimate of drug-likeness (QED) is 0.472. The van der Waals surface area contributed by atoms with Gasteiger partial charge in [-0.3, -0.25) is 9.59 Å². The van der Waals surface area contributed by atoms with Gasteiger partial charge in [-0.05, 0) is 57.2 Å². The Hall–Kier alpha value is -4.14. The highest BCUT2D eigenvalue weighted by Crippen LogP contribution is 2.34. The van der Waals surface area contributed by atoms with Crippen molar-refractivity contribution in [1.82, 2.24) is 15.3 Å². The van der Waals surface area contributed by atoms with Crippen molar-refractivity contribution in [1.29, 1.82) is 0 Å². The summed E-state index contributed by atoms with van der Waals surface area (Å²) in [6.45, 7) is 6.68. The number of rotatable bonds is 4. The molecule has 2 aliphatic rings. The van der Waals surface area contributed by atoms with Gasteiger partial charge in [-0.15, -0.1) is 0 Å². The maximum absolute atomic E-state index is 12.9. The number of hydrogen-bond donors (Lipinski definition) is 3. The summed E-state index contributed by atoms with van der Waals surface area (Å²) in [6.07, 6.45) is 3.15. The normalized spacial score (nSPS) is 15.9. The van der Waals surface area contributed by atoms with Gasteiger partial charge in [0.25, 0.3) is 5.91 Å². The van der Waals surface area contributed by atoms with E-state index in [1.807, 2.05) is 57.2 Å². The van der Waals surface area contributed by atoms with Crippen molar-refractivity contribution in [2.75, 3.05) is 18.4 Å². The number of hydrazone groups is 1. The van der Waals surface area contributed by atoms with E-state index in [0.29, 0.717) is 30.8 Å². The fourth-order valence-electron chi connectivity index (χ4n) is 4.91. The molecule has 3 heterocycles. The van der Waals surface area contributed by atoms with Crippen LogP contribution in [0.4, 0.5) is 10.5 Å². The molecule has 2 aliphatic heterocycles. The van der Waals surface area contributed by atoms with Gasteiger partial charge in [-0.2, -0.15) is 5.10 Å². The number of anilines is 1. The van der Waals surface area contributed by atoms with E-state index in [1.54, 1.807) is 17.2 Å². The highest BCUT2D eigenvalue weighted by Gasteiger charge is 2.28. The molecule has 0 bridgehead atoms. The van der Waals surface area contributed by atoms with Crippen LogP contribution in [0.5, 0.6) is 0 Å². The van der Waals surface area contributed by atoms with Crippen LogP contribution >= 0.6 is 0 Å². The Labute approximate surface area is 215 Å². The van der Waals surface area contributed by atoms with Crippen molar-refractivity contribution in [3.05, 3.63) is 53.6 Å². The molecule has 5 rings (SSSR count). The van der Waals surface area contributed by atoms with Crippen molar-refractivity contribution in [2.45, 2.75) is 45.6 Å². The second-order valence-corrected chi connectivity index (χ2v) is 10.6. The average Bonchev–Trinajstić information content (AvgIpc) is 3.12. The molecule has 192 valence electrons. The number of aromatic nitrogens is 1. The van der Waals surface area contributed by atoms with Crippen LogP contribution in [0.1, 0.15) is 56.0 Å². The van der Waals surface area contributed by atoms with Gasteiger partial charge in [0.05, 0.1) is 17.5 Å². The number of aromatic amines is 1. The third-order valence-electron chi connectivity index (χ3n) is 6.63.